The highest BCUT2D eigenvalue weighted by atomic mass is 16.6. The largest absolute Gasteiger partial charge is 0.370 e. The molecule has 2 saturated heterocycles. The fraction of sp³-hybridized carbons (Fsp3) is 1.00. The van der Waals surface area contributed by atoms with E-state index < -0.39 is 0 Å². The van der Waals surface area contributed by atoms with Crippen molar-refractivity contribution in [3.05, 3.63) is 0 Å². The molecule has 0 aliphatic carbocycles. The Bertz CT molecular complexity index is 432. The van der Waals surface area contributed by atoms with Gasteiger partial charge in [0.1, 0.15) is 12.2 Å². The van der Waals surface area contributed by atoms with E-state index in [0.717, 1.165) is 13.2 Å². The van der Waals surface area contributed by atoms with Gasteiger partial charge in [-0.2, -0.15) is 0 Å². The van der Waals surface area contributed by atoms with Crippen LogP contribution < -0.4 is 0 Å². The SMILES string of the molecule is CCCCCCCCCCCCCCC(OC(CCCCCCCCCCCCCC)C1CO1)C1CO1. The number of unbranched alkanes of at least 4 members (excludes halogenated alkanes) is 22. The fourth-order valence-electron chi connectivity index (χ4n) is 5.82. The van der Waals surface area contributed by atoms with Crippen molar-refractivity contribution >= 4 is 0 Å². The topological polar surface area (TPSA) is 34.3 Å². The maximum Gasteiger partial charge on any atom is 0.107 e. The van der Waals surface area contributed by atoms with Crippen LogP contribution in [-0.2, 0) is 14.2 Å². The summed E-state index contributed by atoms with van der Waals surface area (Å²) >= 11 is 0. The third-order valence-corrected chi connectivity index (χ3v) is 8.58. The molecule has 0 N–H and O–H groups in total. The summed E-state index contributed by atoms with van der Waals surface area (Å²) in [5.74, 6) is 0. The summed E-state index contributed by atoms with van der Waals surface area (Å²) in [5, 5.41) is 0. The van der Waals surface area contributed by atoms with Gasteiger partial charge in [0.25, 0.3) is 0 Å². The highest BCUT2D eigenvalue weighted by Crippen LogP contribution is 2.29. The smallest absolute Gasteiger partial charge is 0.107 e. The molecule has 2 aliphatic heterocycles. The highest BCUT2D eigenvalue weighted by Gasteiger charge is 2.39. The Kier molecular flexibility index (Phi) is 21.2. The second kappa shape index (κ2) is 23.7. The molecule has 2 rings (SSSR count). The Morgan fingerprint density at radius 2 is 0.676 bits per heavy atom. The molecule has 2 fully saturated rings. The molecule has 0 aromatic heterocycles. The van der Waals surface area contributed by atoms with E-state index in [1.807, 2.05) is 0 Å². The van der Waals surface area contributed by atoms with Gasteiger partial charge in [0, 0.05) is 0 Å². The maximum atomic E-state index is 6.65. The van der Waals surface area contributed by atoms with Gasteiger partial charge in [-0.25, -0.2) is 0 Å². The summed E-state index contributed by atoms with van der Waals surface area (Å²) in [6.07, 6.45) is 37.4. The summed E-state index contributed by atoms with van der Waals surface area (Å²) in [6.45, 7) is 6.40. The van der Waals surface area contributed by atoms with E-state index >= 15 is 0 Å². The molecule has 2 heterocycles. The first kappa shape index (κ1) is 33.1. The first-order chi connectivity index (χ1) is 18.3. The van der Waals surface area contributed by atoms with Crippen LogP contribution in [0.1, 0.15) is 181 Å². The van der Waals surface area contributed by atoms with Crippen LogP contribution in [0, 0.1) is 0 Å². The number of rotatable bonds is 30. The molecule has 4 atom stereocenters. The van der Waals surface area contributed by atoms with E-state index in [0.29, 0.717) is 24.4 Å². The van der Waals surface area contributed by atoms with Crippen LogP contribution in [0.3, 0.4) is 0 Å². The van der Waals surface area contributed by atoms with Gasteiger partial charge in [0.05, 0.1) is 25.4 Å². The van der Waals surface area contributed by atoms with Crippen LogP contribution in [0.4, 0.5) is 0 Å². The quantitative estimate of drug-likeness (QED) is 0.0695. The molecule has 0 saturated carbocycles. The van der Waals surface area contributed by atoms with Gasteiger partial charge in [-0.05, 0) is 12.8 Å². The number of epoxide rings is 2. The van der Waals surface area contributed by atoms with Gasteiger partial charge >= 0.3 is 0 Å². The molecule has 3 heteroatoms. The number of ether oxygens (including phenoxy) is 3. The lowest BCUT2D eigenvalue weighted by molar-refractivity contribution is -0.0468. The number of hydrogen-bond acceptors (Lipinski definition) is 3. The molecule has 0 amide bonds. The van der Waals surface area contributed by atoms with Gasteiger partial charge in [-0.15, -0.1) is 0 Å². The second-order valence-electron chi connectivity index (χ2n) is 12.3. The van der Waals surface area contributed by atoms with E-state index in [1.54, 1.807) is 0 Å². The van der Waals surface area contributed by atoms with Crippen LogP contribution in [0.15, 0.2) is 0 Å². The lowest BCUT2D eigenvalue weighted by Gasteiger charge is -2.23. The van der Waals surface area contributed by atoms with E-state index in [4.69, 9.17) is 14.2 Å². The molecular formula is C34H66O3. The molecule has 4 unspecified atom stereocenters. The minimum absolute atomic E-state index is 0.301. The molecule has 2 aliphatic rings. The summed E-state index contributed by atoms with van der Waals surface area (Å²) in [4.78, 5) is 0. The van der Waals surface area contributed by atoms with Crippen molar-refractivity contribution in [2.24, 2.45) is 0 Å². The minimum Gasteiger partial charge on any atom is -0.370 e. The van der Waals surface area contributed by atoms with Crippen molar-refractivity contribution in [2.75, 3.05) is 13.2 Å². The minimum atomic E-state index is 0.301. The molecule has 0 radical (unpaired) electrons. The highest BCUT2D eigenvalue weighted by molar-refractivity contribution is 4.86. The lowest BCUT2D eigenvalue weighted by atomic mass is 10.0. The van der Waals surface area contributed by atoms with Crippen LogP contribution in [0.5, 0.6) is 0 Å². The predicted molar refractivity (Wildman–Crippen MR) is 160 cm³/mol. The summed E-state index contributed by atoms with van der Waals surface area (Å²) in [7, 11) is 0. The van der Waals surface area contributed by atoms with E-state index in [2.05, 4.69) is 13.8 Å². The van der Waals surface area contributed by atoms with Crippen molar-refractivity contribution in [1.29, 1.82) is 0 Å². The van der Waals surface area contributed by atoms with Crippen molar-refractivity contribution in [3.63, 3.8) is 0 Å². The first-order valence-corrected chi connectivity index (χ1v) is 17.2. The Labute approximate surface area is 232 Å². The Balaban J connectivity index is 1.43. The zero-order valence-electron chi connectivity index (χ0n) is 25.3. The third kappa shape index (κ3) is 19.6. The molecule has 0 aromatic rings. The fourth-order valence-corrected chi connectivity index (χ4v) is 5.82. The normalized spacial score (nSPS) is 20.3. The summed E-state index contributed by atoms with van der Waals surface area (Å²) in [6, 6.07) is 0. The van der Waals surface area contributed by atoms with Crippen LogP contribution in [-0.4, -0.2) is 37.6 Å². The van der Waals surface area contributed by atoms with Crippen molar-refractivity contribution < 1.29 is 14.2 Å². The second-order valence-corrected chi connectivity index (χ2v) is 12.3. The number of hydrogen-bond donors (Lipinski definition) is 0. The maximum absolute atomic E-state index is 6.65. The van der Waals surface area contributed by atoms with Gasteiger partial charge < -0.3 is 14.2 Å². The van der Waals surface area contributed by atoms with Gasteiger partial charge in [-0.1, -0.05) is 168 Å². The van der Waals surface area contributed by atoms with Crippen LogP contribution in [0.25, 0.3) is 0 Å². The average molecular weight is 523 g/mol. The van der Waals surface area contributed by atoms with Crippen LogP contribution in [0.2, 0.25) is 0 Å². The Hall–Kier alpha value is -0.120. The standard InChI is InChI=1S/C34H66O3/c1-3-5-7-9-11-13-15-17-19-21-23-25-27-31(33-29-35-33)37-32(34-30-36-34)28-26-24-22-20-18-16-14-12-10-8-6-4-2/h31-34H,3-30H2,1-2H3. The average Bonchev–Trinajstić information content (AvgIpc) is 3.82. The van der Waals surface area contributed by atoms with Gasteiger partial charge in [0.2, 0.25) is 0 Å². The van der Waals surface area contributed by atoms with E-state index in [9.17, 15) is 0 Å². The van der Waals surface area contributed by atoms with Crippen molar-refractivity contribution in [1.82, 2.24) is 0 Å². The molecule has 0 bridgehead atoms. The Morgan fingerprint density at radius 1 is 0.432 bits per heavy atom. The van der Waals surface area contributed by atoms with E-state index in [1.165, 1.54) is 167 Å². The predicted octanol–water partition coefficient (Wildman–Crippen LogP) is 10.7. The lowest BCUT2D eigenvalue weighted by Crippen LogP contribution is -2.30. The van der Waals surface area contributed by atoms with Crippen molar-refractivity contribution in [2.45, 2.75) is 205 Å². The third-order valence-electron chi connectivity index (χ3n) is 8.58. The monoisotopic (exact) mass is 523 g/mol. The zero-order chi connectivity index (χ0) is 26.2. The molecule has 0 spiro atoms. The Morgan fingerprint density at radius 3 is 0.919 bits per heavy atom. The zero-order valence-corrected chi connectivity index (χ0v) is 25.3. The summed E-state index contributed by atoms with van der Waals surface area (Å²) < 4.78 is 18.0. The molecular weight excluding hydrogens is 456 g/mol. The van der Waals surface area contributed by atoms with Gasteiger partial charge in [-0.3, -0.25) is 0 Å². The van der Waals surface area contributed by atoms with E-state index in [-0.39, 0.29) is 0 Å². The molecule has 220 valence electrons. The van der Waals surface area contributed by atoms with Crippen molar-refractivity contribution in [3.8, 4) is 0 Å². The molecule has 37 heavy (non-hydrogen) atoms. The first-order valence-electron chi connectivity index (χ1n) is 17.2. The molecule has 3 nitrogen and oxygen atoms in total. The van der Waals surface area contributed by atoms with Gasteiger partial charge in [0.15, 0.2) is 0 Å². The summed E-state index contributed by atoms with van der Waals surface area (Å²) in [5.41, 5.74) is 0. The molecule has 0 aromatic carbocycles. The van der Waals surface area contributed by atoms with Crippen LogP contribution >= 0.6 is 0 Å².